The Labute approximate surface area is 499 Å². The first-order valence-corrected chi connectivity index (χ1v) is 30.3. The van der Waals surface area contributed by atoms with Crippen molar-refractivity contribution < 1.29 is 28.5 Å². The summed E-state index contributed by atoms with van der Waals surface area (Å²) in [6.45, 7) is 38.6. The van der Waals surface area contributed by atoms with Crippen molar-refractivity contribution in [2.45, 2.75) is 118 Å². The molecule has 0 spiro atoms. The van der Waals surface area contributed by atoms with Crippen LogP contribution in [0.25, 0.3) is 67.5 Å². The molecule has 0 aliphatic heterocycles. The Morgan fingerprint density at radius 3 is 1.60 bits per heavy atom. The minimum atomic E-state index is -0.478. The third kappa shape index (κ3) is 16.0. The number of unbranched alkanes of at least 4 members (excludes halogenated alkanes) is 2. The van der Waals surface area contributed by atoms with Gasteiger partial charge in [-0.15, -0.1) is 0 Å². The molecule has 6 unspecified atom stereocenters. The SMILES string of the molecule is C=Cc1cccc2c(NC(C)COC(C)COCC(CC)(COCC(C)Nc3ccc4c(=C)[nH]c(=O)c5cccc3c45)COCC(C)OCC(C)Nc3ccc(C=C)c4c(C(=O)N(C)CCCC)cccc34)ccc(C(=C)N(C)CCCC)c12. The summed E-state index contributed by atoms with van der Waals surface area (Å²) in [5.74, 6) is 0.00284. The number of nitrogens with zero attached hydrogens (tertiary/aromatic N) is 2. The standard InChI is InChI=1S/C71H94N6O7/c1-15-20-37-76(13)53(12)57-33-36-64(58-26-22-25-54(17-3)66(57)58)74-49(8)41-84-51(10)43-82-46-71(19-5,44-80-39-47(6)72-65-35-32-56-52(11)75-69(78)61-29-23-28-60(65)68(56)61)45-81-42-50(9)83-40-48(7)73-63-34-31-55(18-4)67-59(63)27-24-30-62(67)70(79)77(14)38-21-16-2/h17-18,22-36,47-51,72-74H,3-4,11-12,15-16,19-21,37-46H2,1-2,5-10,13-14H3,(H,75,78). The highest BCUT2D eigenvalue weighted by atomic mass is 16.5. The van der Waals surface area contributed by atoms with Crippen LogP contribution >= 0.6 is 0 Å². The number of ether oxygens (including phenoxy) is 5. The van der Waals surface area contributed by atoms with Crippen LogP contribution in [0, 0.1) is 5.41 Å². The molecule has 6 aromatic carbocycles. The van der Waals surface area contributed by atoms with Crippen molar-refractivity contribution in [2.24, 2.45) is 5.41 Å². The van der Waals surface area contributed by atoms with E-state index in [9.17, 15) is 9.59 Å². The Balaban J connectivity index is 0.972. The summed E-state index contributed by atoms with van der Waals surface area (Å²) in [7, 11) is 3.98. The quantitative estimate of drug-likeness (QED) is 0.0299. The minimum absolute atomic E-state index is 0.00284. The van der Waals surface area contributed by atoms with Crippen LogP contribution in [-0.4, -0.2) is 131 Å². The van der Waals surface area contributed by atoms with Crippen molar-refractivity contribution in [3.63, 3.8) is 0 Å². The van der Waals surface area contributed by atoms with E-state index < -0.39 is 5.41 Å². The molecule has 6 atom stereocenters. The Morgan fingerprint density at radius 2 is 1.04 bits per heavy atom. The smallest absolute Gasteiger partial charge is 0.256 e. The zero-order chi connectivity index (χ0) is 60.5. The molecular weight excluding hydrogens is 1050 g/mol. The Kier molecular flexibility index (Phi) is 23.6. The molecule has 1 aromatic heterocycles. The van der Waals surface area contributed by atoms with Gasteiger partial charge in [0.15, 0.2) is 0 Å². The maximum absolute atomic E-state index is 13.7. The van der Waals surface area contributed by atoms with E-state index in [0.717, 1.165) is 116 Å². The highest BCUT2D eigenvalue weighted by Gasteiger charge is 2.31. The Morgan fingerprint density at radius 1 is 0.571 bits per heavy atom. The number of anilines is 3. The van der Waals surface area contributed by atoms with Crippen LogP contribution in [-0.2, 0) is 23.7 Å². The number of carbonyl (C=O) groups is 1. The van der Waals surface area contributed by atoms with E-state index in [2.05, 4.69) is 143 Å². The van der Waals surface area contributed by atoms with Gasteiger partial charge in [0.05, 0.1) is 65.1 Å². The number of amides is 1. The van der Waals surface area contributed by atoms with E-state index >= 15 is 0 Å². The number of pyridine rings is 1. The van der Waals surface area contributed by atoms with Gasteiger partial charge in [-0.3, -0.25) is 9.59 Å². The predicted octanol–water partition coefficient (Wildman–Crippen LogP) is 14.0. The van der Waals surface area contributed by atoms with E-state index in [-0.39, 0.29) is 41.8 Å². The Bertz CT molecular complexity index is 3340. The third-order valence-corrected chi connectivity index (χ3v) is 16.0. The van der Waals surface area contributed by atoms with Crippen molar-refractivity contribution in [3.8, 4) is 0 Å². The van der Waals surface area contributed by atoms with Crippen LogP contribution in [0.4, 0.5) is 17.1 Å². The van der Waals surface area contributed by atoms with Gasteiger partial charge < -0.3 is 54.4 Å². The molecule has 0 aliphatic carbocycles. The van der Waals surface area contributed by atoms with Gasteiger partial charge in [0, 0.05) is 133 Å². The molecule has 84 heavy (non-hydrogen) atoms. The average Bonchev–Trinajstić information content (AvgIpc) is 2.60. The van der Waals surface area contributed by atoms with Crippen LogP contribution < -0.4 is 26.9 Å². The molecule has 13 heteroatoms. The largest absolute Gasteiger partial charge is 0.380 e. The predicted molar refractivity (Wildman–Crippen MR) is 355 cm³/mol. The molecule has 0 fully saturated rings. The first-order chi connectivity index (χ1) is 40.5. The normalized spacial score (nSPS) is 14.2. The van der Waals surface area contributed by atoms with Crippen LogP contribution in [0.2, 0.25) is 0 Å². The summed E-state index contributed by atoms with van der Waals surface area (Å²) >= 11 is 0. The monoisotopic (exact) mass is 1140 g/mol. The molecule has 1 heterocycles. The molecule has 450 valence electrons. The second-order valence-corrected chi connectivity index (χ2v) is 23.2. The lowest BCUT2D eigenvalue weighted by molar-refractivity contribution is -0.101. The van der Waals surface area contributed by atoms with Crippen molar-refractivity contribution >= 4 is 90.5 Å². The van der Waals surface area contributed by atoms with Gasteiger partial charge in [-0.05, 0) is 95.3 Å². The number of aromatic nitrogens is 1. The zero-order valence-electron chi connectivity index (χ0n) is 51.9. The molecule has 0 saturated heterocycles. The lowest BCUT2D eigenvalue weighted by atomic mass is 9.88. The highest BCUT2D eigenvalue weighted by molar-refractivity contribution is 6.14. The number of aromatic amines is 1. The van der Waals surface area contributed by atoms with Crippen LogP contribution in [0.5, 0.6) is 0 Å². The number of hydrogen-bond donors (Lipinski definition) is 4. The lowest BCUT2D eigenvalue weighted by Gasteiger charge is -2.33. The van der Waals surface area contributed by atoms with Gasteiger partial charge in [0.25, 0.3) is 11.5 Å². The van der Waals surface area contributed by atoms with Crippen LogP contribution in [0.3, 0.4) is 0 Å². The number of carbonyl (C=O) groups excluding carboxylic acids is 1. The Hall–Kier alpha value is -7.00. The molecule has 7 rings (SSSR count). The molecule has 0 saturated carbocycles. The molecule has 0 bridgehead atoms. The topological polar surface area (TPSA) is 139 Å². The maximum atomic E-state index is 13.7. The van der Waals surface area contributed by atoms with Gasteiger partial charge in [-0.25, -0.2) is 0 Å². The first kappa shape index (κ1) is 64.6. The number of H-pyrrole nitrogens is 1. The van der Waals surface area contributed by atoms with Crippen molar-refractivity contribution in [2.75, 3.05) is 96.0 Å². The first-order valence-electron chi connectivity index (χ1n) is 30.3. The summed E-state index contributed by atoms with van der Waals surface area (Å²) in [4.78, 5) is 33.5. The van der Waals surface area contributed by atoms with E-state index in [1.807, 2.05) is 81.6 Å². The minimum Gasteiger partial charge on any atom is -0.380 e. The highest BCUT2D eigenvalue weighted by Crippen LogP contribution is 2.36. The van der Waals surface area contributed by atoms with Crippen LogP contribution in [0.1, 0.15) is 115 Å². The molecule has 1 amide bonds. The average molecular weight is 1140 g/mol. The third-order valence-electron chi connectivity index (χ3n) is 16.0. The summed E-state index contributed by atoms with van der Waals surface area (Å²) in [6.07, 6.45) is 8.28. The molecule has 0 radical (unpaired) electrons. The fraction of sp³-hybridized carbons (Fsp3) is 0.437. The van der Waals surface area contributed by atoms with Crippen molar-refractivity contribution in [1.29, 1.82) is 0 Å². The lowest BCUT2D eigenvalue weighted by Crippen LogP contribution is -2.40. The summed E-state index contributed by atoms with van der Waals surface area (Å²) in [5.41, 5.74) is 7.02. The van der Waals surface area contributed by atoms with Crippen molar-refractivity contribution in [3.05, 3.63) is 149 Å². The number of fused-ring (bicyclic) bond motifs is 2. The van der Waals surface area contributed by atoms with Crippen molar-refractivity contribution in [1.82, 2.24) is 14.8 Å². The zero-order valence-corrected chi connectivity index (χ0v) is 51.9. The summed E-state index contributed by atoms with van der Waals surface area (Å²) < 4.78 is 32.6. The van der Waals surface area contributed by atoms with Gasteiger partial charge in [0.1, 0.15) is 0 Å². The molecule has 13 nitrogen and oxygen atoms in total. The van der Waals surface area contributed by atoms with Gasteiger partial charge in [0.2, 0.25) is 0 Å². The van der Waals surface area contributed by atoms with Gasteiger partial charge in [-0.2, -0.15) is 0 Å². The number of benzene rings is 6. The summed E-state index contributed by atoms with van der Waals surface area (Å²) in [6, 6.07) is 30.4. The molecule has 4 N–H and O–H groups in total. The second kappa shape index (κ2) is 30.7. The van der Waals surface area contributed by atoms with E-state index in [0.29, 0.717) is 75.7 Å². The fourth-order valence-electron chi connectivity index (χ4n) is 11.0. The molecule has 0 aliphatic rings. The van der Waals surface area contributed by atoms with Gasteiger partial charge >= 0.3 is 0 Å². The maximum Gasteiger partial charge on any atom is 0.256 e. The second-order valence-electron chi connectivity index (χ2n) is 23.2. The van der Waals surface area contributed by atoms with Gasteiger partial charge in [-0.1, -0.05) is 133 Å². The molecular formula is C71H94N6O7. The van der Waals surface area contributed by atoms with E-state index in [1.165, 1.54) is 0 Å². The van der Waals surface area contributed by atoms with Crippen LogP contribution in [0.15, 0.2) is 116 Å². The van der Waals surface area contributed by atoms with E-state index in [1.54, 1.807) is 4.90 Å². The number of hydrogen-bond acceptors (Lipinski definition) is 11. The number of rotatable bonds is 36. The number of nitrogens with one attached hydrogen (secondary N) is 4. The van der Waals surface area contributed by atoms with E-state index in [4.69, 9.17) is 23.7 Å². The molecule has 7 aromatic rings. The summed E-state index contributed by atoms with van der Waals surface area (Å²) in [5, 5.41) is 19.2. The fourth-order valence-corrected chi connectivity index (χ4v) is 11.0.